The second-order valence-corrected chi connectivity index (χ2v) is 8.01. The Labute approximate surface area is 167 Å². The van der Waals surface area contributed by atoms with E-state index in [9.17, 15) is 18.0 Å². The lowest BCUT2D eigenvalue weighted by molar-refractivity contribution is -0.122. The van der Waals surface area contributed by atoms with Crippen LogP contribution < -0.4 is 15.6 Å². The van der Waals surface area contributed by atoms with Crippen molar-refractivity contribution in [3.8, 4) is 5.75 Å². The lowest BCUT2D eigenvalue weighted by Gasteiger charge is -2.09. The molecule has 0 aliphatic rings. The summed E-state index contributed by atoms with van der Waals surface area (Å²) in [5.74, 6) is 0.185. The van der Waals surface area contributed by atoms with E-state index in [1.54, 1.807) is 43.5 Å². The minimum Gasteiger partial charge on any atom is -0.497 e. The van der Waals surface area contributed by atoms with Crippen LogP contribution in [0.2, 0.25) is 0 Å². The van der Waals surface area contributed by atoms with E-state index in [4.69, 9.17) is 4.74 Å². The summed E-state index contributed by atoms with van der Waals surface area (Å²) in [6.45, 7) is -0.173. The molecule has 0 bridgehead atoms. The molecule has 0 saturated heterocycles. The van der Waals surface area contributed by atoms with E-state index in [-0.39, 0.29) is 16.5 Å². The molecule has 0 saturated carbocycles. The predicted octanol–water partition coefficient (Wildman–Crippen LogP) is 1.40. The number of nitrogens with one attached hydrogen (secondary N) is 1. The fourth-order valence-electron chi connectivity index (χ4n) is 2.58. The van der Waals surface area contributed by atoms with Crippen molar-refractivity contribution in [1.82, 2.24) is 15.1 Å². The fraction of sp³-hybridized carbons (Fsp3) is 0.150. The number of aromatic nitrogens is 2. The molecule has 0 aliphatic carbocycles. The molecule has 9 heteroatoms. The molecule has 3 rings (SSSR count). The fourth-order valence-corrected chi connectivity index (χ4v) is 3.79. The van der Waals surface area contributed by atoms with Gasteiger partial charge in [-0.25, -0.2) is 13.1 Å². The first-order valence-corrected chi connectivity index (χ1v) is 10.2. The first-order valence-electron chi connectivity index (χ1n) is 8.68. The molecule has 29 heavy (non-hydrogen) atoms. The summed E-state index contributed by atoms with van der Waals surface area (Å²) < 4.78 is 31.3. The zero-order valence-corrected chi connectivity index (χ0v) is 16.4. The van der Waals surface area contributed by atoms with Gasteiger partial charge in [-0.1, -0.05) is 30.3 Å². The van der Waals surface area contributed by atoms with Crippen molar-refractivity contribution in [3.05, 3.63) is 82.6 Å². The lowest BCUT2D eigenvalue weighted by atomic mass is 10.2. The number of carbonyl (C=O) groups excluding carboxylic acids is 1. The van der Waals surface area contributed by atoms with Gasteiger partial charge in [0.2, 0.25) is 15.7 Å². The molecule has 1 N–H and O–H groups in total. The Bertz CT molecular complexity index is 1170. The molecule has 1 heterocycles. The highest BCUT2D eigenvalue weighted by Gasteiger charge is 2.20. The molecular formula is C20H19N3O5S. The molecule has 1 amide bonds. The minimum atomic E-state index is -3.89. The van der Waals surface area contributed by atoms with Crippen molar-refractivity contribution in [1.29, 1.82) is 0 Å². The second kappa shape index (κ2) is 8.70. The minimum absolute atomic E-state index is 0.0557. The van der Waals surface area contributed by atoms with Gasteiger partial charge in [0.1, 0.15) is 12.3 Å². The van der Waals surface area contributed by atoms with Crippen LogP contribution in [0.3, 0.4) is 0 Å². The van der Waals surface area contributed by atoms with Gasteiger partial charge in [-0.3, -0.25) is 9.59 Å². The van der Waals surface area contributed by atoms with Gasteiger partial charge >= 0.3 is 0 Å². The van der Waals surface area contributed by atoms with E-state index in [0.29, 0.717) is 5.75 Å². The van der Waals surface area contributed by atoms with Crippen LogP contribution in [0.5, 0.6) is 5.75 Å². The first-order chi connectivity index (χ1) is 13.9. The first kappa shape index (κ1) is 20.3. The van der Waals surface area contributed by atoms with Crippen LogP contribution in [0.25, 0.3) is 0 Å². The molecule has 8 nitrogen and oxygen atoms in total. The number of nitrogens with zero attached hydrogens (tertiary/aromatic N) is 2. The number of amides is 1. The monoisotopic (exact) mass is 413 g/mol. The van der Waals surface area contributed by atoms with E-state index in [0.717, 1.165) is 22.4 Å². The highest BCUT2D eigenvalue weighted by atomic mass is 32.2. The summed E-state index contributed by atoms with van der Waals surface area (Å²) in [6.07, 6.45) is 0. The van der Waals surface area contributed by atoms with E-state index >= 15 is 0 Å². The van der Waals surface area contributed by atoms with Crippen molar-refractivity contribution in [2.45, 2.75) is 23.0 Å². The van der Waals surface area contributed by atoms with E-state index in [1.165, 1.54) is 12.1 Å². The molecule has 1 aromatic heterocycles. The Kier molecular flexibility index (Phi) is 6.08. The van der Waals surface area contributed by atoms with E-state index in [1.807, 2.05) is 6.07 Å². The normalized spacial score (nSPS) is 11.1. The number of rotatable bonds is 7. The number of sulfone groups is 1. The van der Waals surface area contributed by atoms with Crippen molar-refractivity contribution in [3.63, 3.8) is 0 Å². The largest absolute Gasteiger partial charge is 0.497 e. The molecule has 150 valence electrons. The molecule has 0 atom stereocenters. The maximum atomic E-state index is 12.7. The third-order valence-corrected chi connectivity index (χ3v) is 5.75. The average molecular weight is 413 g/mol. The number of hydrogen-bond acceptors (Lipinski definition) is 6. The summed E-state index contributed by atoms with van der Waals surface area (Å²) in [4.78, 5) is 24.3. The summed E-state index contributed by atoms with van der Waals surface area (Å²) in [5, 5.41) is 6.25. The van der Waals surface area contributed by atoms with Crippen molar-refractivity contribution in [2.75, 3.05) is 7.11 Å². The molecule has 0 aliphatic heterocycles. The summed E-state index contributed by atoms with van der Waals surface area (Å²) >= 11 is 0. The molecule has 0 radical (unpaired) electrons. The Morgan fingerprint density at radius 3 is 2.55 bits per heavy atom. The number of methoxy groups -OCH3 is 1. The zero-order valence-electron chi connectivity index (χ0n) is 15.6. The Hall–Kier alpha value is -3.46. The smallest absolute Gasteiger partial charge is 0.267 e. The Morgan fingerprint density at radius 2 is 1.83 bits per heavy atom. The summed E-state index contributed by atoms with van der Waals surface area (Å²) in [5.41, 5.74) is 0.243. The third-order valence-electron chi connectivity index (χ3n) is 4.09. The number of benzene rings is 2. The zero-order chi connectivity index (χ0) is 20.9. The van der Waals surface area contributed by atoms with Crippen LogP contribution in [-0.2, 0) is 27.7 Å². The van der Waals surface area contributed by atoms with Gasteiger partial charge in [-0.05, 0) is 35.9 Å². The summed E-state index contributed by atoms with van der Waals surface area (Å²) in [7, 11) is -2.35. The van der Waals surface area contributed by atoms with Gasteiger partial charge in [0.05, 0.1) is 12.0 Å². The van der Waals surface area contributed by atoms with Crippen molar-refractivity contribution < 1.29 is 17.9 Å². The van der Waals surface area contributed by atoms with Crippen LogP contribution in [0.15, 0.2) is 81.4 Å². The standard InChI is InChI=1S/C20H19N3O5S/c1-28-16-7-5-6-15(12-16)13-21-18(24)14-23-20(25)11-10-19(22-23)29(26,27)17-8-3-2-4-9-17/h2-12H,13-14H2,1H3,(H,21,24). The molecule has 3 aromatic rings. The quantitative estimate of drug-likeness (QED) is 0.627. The van der Waals surface area contributed by atoms with Crippen LogP contribution in [0.1, 0.15) is 5.56 Å². The Balaban J connectivity index is 1.75. The Morgan fingerprint density at radius 1 is 1.07 bits per heavy atom. The molecule has 2 aromatic carbocycles. The number of hydrogen-bond donors (Lipinski definition) is 1. The van der Waals surface area contributed by atoms with Gasteiger partial charge in [-0.15, -0.1) is 0 Å². The predicted molar refractivity (Wildman–Crippen MR) is 105 cm³/mol. The molecule has 0 spiro atoms. The topological polar surface area (TPSA) is 107 Å². The van der Waals surface area contributed by atoms with Crippen LogP contribution in [-0.4, -0.2) is 31.2 Å². The number of ether oxygens (including phenoxy) is 1. The molecule has 0 fully saturated rings. The van der Waals surface area contributed by atoms with Crippen LogP contribution in [0, 0.1) is 0 Å². The average Bonchev–Trinajstić information content (AvgIpc) is 2.74. The maximum Gasteiger partial charge on any atom is 0.267 e. The summed E-state index contributed by atoms with van der Waals surface area (Å²) in [6, 6.07) is 17.1. The van der Waals surface area contributed by atoms with Crippen molar-refractivity contribution >= 4 is 15.7 Å². The van der Waals surface area contributed by atoms with Gasteiger partial charge in [0.25, 0.3) is 5.56 Å². The van der Waals surface area contributed by atoms with Crippen molar-refractivity contribution in [2.24, 2.45) is 0 Å². The van der Waals surface area contributed by atoms with Gasteiger partial charge in [0.15, 0.2) is 5.03 Å². The third kappa shape index (κ3) is 4.88. The van der Waals surface area contributed by atoms with E-state index in [2.05, 4.69) is 10.4 Å². The van der Waals surface area contributed by atoms with Gasteiger partial charge < -0.3 is 10.1 Å². The van der Waals surface area contributed by atoms with Crippen LogP contribution >= 0.6 is 0 Å². The maximum absolute atomic E-state index is 12.7. The van der Waals surface area contributed by atoms with Gasteiger partial charge in [-0.2, -0.15) is 5.10 Å². The number of carbonyl (C=O) groups is 1. The highest BCUT2D eigenvalue weighted by molar-refractivity contribution is 7.91. The highest BCUT2D eigenvalue weighted by Crippen LogP contribution is 2.17. The van der Waals surface area contributed by atoms with E-state index < -0.39 is 27.8 Å². The lowest BCUT2D eigenvalue weighted by Crippen LogP contribution is -2.33. The molecular weight excluding hydrogens is 394 g/mol. The second-order valence-electron chi connectivity index (χ2n) is 6.11. The van der Waals surface area contributed by atoms with Crippen LogP contribution in [0.4, 0.5) is 0 Å². The molecule has 0 unspecified atom stereocenters. The SMILES string of the molecule is COc1cccc(CNC(=O)Cn2nc(S(=O)(=O)c3ccccc3)ccc2=O)c1. The van der Waals surface area contributed by atoms with Gasteiger partial charge in [0, 0.05) is 12.6 Å².